The van der Waals surface area contributed by atoms with Crippen LogP contribution in [-0.4, -0.2) is 32.8 Å². The van der Waals surface area contributed by atoms with Crippen molar-refractivity contribution in [3.63, 3.8) is 0 Å². The zero-order valence-electron chi connectivity index (χ0n) is 16.9. The molecule has 3 aromatic rings. The molecule has 0 unspecified atom stereocenters. The Balaban J connectivity index is 1.63. The molecule has 3 rings (SSSR count). The molecule has 0 saturated carbocycles. The minimum Gasteiger partial charge on any atom is -0.497 e. The summed E-state index contributed by atoms with van der Waals surface area (Å²) in [7, 11) is 1.63. The largest absolute Gasteiger partial charge is 0.497 e. The van der Waals surface area contributed by atoms with E-state index >= 15 is 0 Å². The van der Waals surface area contributed by atoms with Crippen LogP contribution in [0.1, 0.15) is 13.8 Å². The average molecular weight is 395 g/mol. The lowest BCUT2D eigenvalue weighted by atomic mass is 10.1. The molecule has 6 heteroatoms. The summed E-state index contributed by atoms with van der Waals surface area (Å²) in [5.41, 5.74) is 0.619. The normalized spacial score (nSPS) is 10.4. The van der Waals surface area contributed by atoms with Gasteiger partial charge in [0.2, 0.25) is 0 Å². The van der Waals surface area contributed by atoms with Gasteiger partial charge < -0.3 is 24.3 Å². The molecule has 0 aliphatic rings. The van der Waals surface area contributed by atoms with Crippen LogP contribution in [0.5, 0.6) is 23.0 Å². The lowest BCUT2D eigenvalue weighted by Gasteiger charge is -2.13. The monoisotopic (exact) mass is 395 g/mol. The van der Waals surface area contributed by atoms with Crippen molar-refractivity contribution in [1.82, 2.24) is 0 Å². The van der Waals surface area contributed by atoms with E-state index in [2.05, 4.69) is 5.32 Å². The molecule has 0 bridgehead atoms. The van der Waals surface area contributed by atoms with E-state index in [1.165, 1.54) is 0 Å². The van der Waals surface area contributed by atoms with E-state index in [0.29, 0.717) is 36.1 Å². The first-order chi connectivity index (χ1) is 14.1. The molecule has 0 fully saturated rings. The maximum Gasteiger partial charge on any atom is 0.262 e. The molecule has 152 valence electrons. The number of hydrogen-bond acceptors (Lipinski definition) is 5. The molecule has 0 aliphatic heterocycles. The summed E-state index contributed by atoms with van der Waals surface area (Å²) >= 11 is 0. The zero-order chi connectivity index (χ0) is 20.6. The Hall–Kier alpha value is -3.41. The highest BCUT2D eigenvalue weighted by Gasteiger charge is 2.09. The van der Waals surface area contributed by atoms with Crippen molar-refractivity contribution in [3.05, 3.63) is 54.6 Å². The molecular formula is C23H25NO5. The fourth-order valence-corrected chi connectivity index (χ4v) is 2.89. The third kappa shape index (κ3) is 5.31. The Bertz CT molecular complexity index is 986. The van der Waals surface area contributed by atoms with Gasteiger partial charge in [-0.1, -0.05) is 12.1 Å². The molecular weight excluding hydrogens is 370 g/mol. The number of benzene rings is 3. The Kier molecular flexibility index (Phi) is 6.79. The number of carbonyl (C=O) groups is 1. The number of ether oxygens (including phenoxy) is 4. The van der Waals surface area contributed by atoms with Crippen LogP contribution in [0.2, 0.25) is 0 Å². The molecule has 1 amide bonds. The first-order valence-electron chi connectivity index (χ1n) is 9.53. The molecule has 0 spiro atoms. The summed E-state index contributed by atoms with van der Waals surface area (Å²) in [6.07, 6.45) is 0. The van der Waals surface area contributed by atoms with Crippen molar-refractivity contribution >= 4 is 22.4 Å². The summed E-state index contributed by atoms with van der Waals surface area (Å²) in [5.74, 6) is 2.37. The van der Waals surface area contributed by atoms with Crippen molar-refractivity contribution in [2.75, 3.05) is 32.2 Å². The van der Waals surface area contributed by atoms with Gasteiger partial charge in [-0.2, -0.15) is 0 Å². The number of amides is 1. The van der Waals surface area contributed by atoms with Gasteiger partial charge in [-0.15, -0.1) is 0 Å². The highest BCUT2D eigenvalue weighted by atomic mass is 16.5. The van der Waals surface area contributed by atoms with E-state index < -0.39 is 0 Å². The molecule has 29 heavy (non-hydrogen) atoms. The minimum absolute atomic E-state index is 0.105. The predicted molar refractivity (Wildman–Crippen MR) is 113 cm³/mol. The van der Waals surface area contributed by atoms with Crippen molar-refractivity contribution in [3.8, 4) is 23.0 Å². The molecule has 3 aromatic carbocycles. The van der Waals surface area contributed by atoms with Crippen LogP contribution in [0.4, 0.5) is 5.69 Å². The van der Waals surface area contributed by atoms with Gasteiger partial charge in [0.1, 0.15) is 11.5 Å². The van der Waals surface area contributed by atoms with Crippen LogP contribution in [0, 0.1) is 0 Å². The number of carbonyl (C=O) groups excluding carboxylic acids is 1. The van der Waals surface area contributed by atoms with E-state index in [0.717, 1.165) is 16.5 Å². The number of nitrogens with one attached hydrogen (secondary N) is 1. The molecule has 0 heterocycles. The fourth-order valence-electron chi connectivity index (χ4n) is 2.89. The second-order valence-electron chi connectivity index (χ2n) is 6.24. The maximum atomic E-state index is 12.3. The van der Waals surface area contributed by atoms with E-state index in [-0.39, 0.29) is 12.5 Å². The Morgan fingerprint density at radius 3 is 2.21 bits per heavy atom. The molecule has 0 saturated heterocycles. The minimum atomic E-state index is -0.262. The molecule has 1 N–H and O–H groups in total. The van der Waals surface area contributed by atoms with E-state index in [1.807, 2.05) is 50.2 Å². The SMILES string of the molecule is CCOc1ccc(NC(=O)COc2ccc3ccc(OC)cc3c2)cc1OCC. The van der Waals surface area contributed by atoms with Crippen LogP contribution in [0.3, 0.4) is 0 Å². The van der Waals surface area contributed by atoms with Crippen molar-refractivity contribution in [2.45, 2.75) is 13.8 Å². The third-order valence-electron chi connectivity index (χ3n) is 4.22. The van der Waals surface area contributed by atoms with Gasteiger partial charge in [-0.3, -0.25) is 4.79 Å². The van der Waals surface area contributed by atoms with E-state index in [4.69, 9.17) is 18.9 Å². The van der Waals surface area contributed by atoms with Gasteiger partial charge in [0.05, 0.1) is 20.3 Å². The maximum absolute atomic E-state index is 12.3. The summed E-state index contributed by atoms with van der Waals surface area (Å²) in [6.45, 7) is 4.75. The number of anilines is 1. The topological polar surface area (TPSA) is 66.0 Å². The van der Waals surface area contributed by atoms with Gasteiger partial charge in [0.15, 0.2) is 18.1 Å². The standard InChI is InChI=1S/C23H25NO5/c1-4-27-21-11-8-18(14-22(21)28-5-2)24-23(25)15-29-20-10-7-16-6-9-19(26-3)12-17(16)13-20/h6-14H,4-5,15H2,1-3H3,(H,24,25). The fraction of sp³-hybridized carbons (Fsp3) is 0.261. The second-order valence-corrected chi connectivity index (χ2v) is 6.24. The first-order valence-corrected chi connectivity index (χ1v) is 9.53. The quantitative estimate of drug-likeness (QED) is 0.571. The number of rotatable bonds is 9. The van der Waals surface area contributed by atoms with Crippen LogP contribution in [0.25, 0.3) is 10.8 Å². The number of hydrogen-bond donors (Lipinski definition) is 1. The summed E-state index contributed by atoms with van der Waals surface area (Å²) in [4.78, 5) is 12.3. The van der Waals surface area contributed by atoms with Crippen LogP contribution >= 0.6 is 0 Å². The van der Waals surface area contributed by atoms with Gasteiger partial charge in [0.25, 0.3) is 5.91 Å². The first kappa shape index (κ1) is 20.3. The van der Waals surface area contributed by atoms with Gasteiger partial charge in [0, 0.05) is 11.8 Å². The lowest BCUT2D eigenvalue weighted by Crippen LogP contribution is -2.20. The van der Waals surface area contributed by atoms with Crippen LogP contribution in [-0.2, 0) is 4.79 Å². The second kappa shape index (κ2) is 9.68. The van der Waals surface area contributed by atoms with Gasteiger partial charge in [-0.05, 0) is 61.0 Å². The zero-order valence-corrected chi connectivity index (χ0v) is 16.9. The molecule has 0 atom stereocenters. The van der Waals surface area contributed by atoms with Gasteiger partial charge in [-0.25, -0.2) is 0 Å². The average Bonchev–Trinajstić information content (AvgIpc) is 2.74. The summed E-state index contributed by atoms with van der Waals surface area (Å²) in [6, 6.07) is 16.8. The summed E-state index contributed by atoms with van der Waals surface area (Å²) < 4.78 is 22.0. The van der Waals surface area contributed by atoms with Gasteiger partial charge >= 0.3 is 0 Å². The van der Waals surface area contributed by atoms with Crippen LogP contribution < -0.4 is 24.3 Å². The Labute approximate surface area is 170 Å². The Morgan fingerprint density at radius 1 is 0.793 bits per heavy atom. The third-order valence-corrected chi connectivity index (χ3v) is 4.22. The van der Waals surface area contributed by atoms with Crippen molar-refractivity contribution in [1.29, 1.82) is 0 Å². The highest BCUT2D eigenvalue weighted by molar-refractivity contribution is 5.92. The highest BCUT2D eigenvalue weighted by Crippen LogP contribution is 2.30. The molecule has 0 aromatic heterocycles. The van der Waals surface area contributed by atoms with E-state index in [1.54, 1.807) is 25.3 Å². The van der Waals surface area contributed by atoms with Crippen molar-refractivity contribution in [2.24, 2.45) is 0 Å². The van der Waals surface area contributed by atoms with Crippen molar-refractivity contribution < 1.29 is 23.7 Å². The van der Waals surface area contributed by atoms with Crippen LogP contribution in [0.15, 0.2) is 54.6 Å². The van der Waals surface area contributed by atoms with E-state index in [9.17, 15) is 4.79 Å². The lowest BCUT2D eigenvalue weighted by molar-refractivity contribution is -0.118. The molecule has 0 radical (unpaired) electrons. The molecule has 0 aliphatic carbocycles. The molecule has 6 nitrogen and oxygen atoms in total. The summed E-state index contributed by atoms with van der Waals surface area (Å²) in [5, 5.41) is 4.87. The smallest absolute Gasteiger partial charge is 0.262 e. The number of fused-ring (bicyclic) bond motifs is 1. The number of methoxy groups -OCH3 is 1. The predicted octanol–water partition coefficient (Wildman–Crippen LogP) is 4.66. The Morgan fingerprint density at radius 2 is 1.48 bits per heavy atom.